The van der Waals surface area contributed by atoms with Crippen molar-refractivity contribution in [1.29, 1.82) is 0 Å². The summed E-state index contributed by atoms with van der Waals surface area (Å²) in [4.78, 5) is 33.3. The summed E-state index contributed by atoms with van der Waals surface area (Å²) < 4.78 is 16.7. The third-order valence-electron chi connectivity index (χ3n) is 6.04. The number of hydrogen-bond donors (Lipinski definition) is 1. The van der Waals surface area contributed by atoms with E-state index in [-0.39, 0.29) is 21.7 Å². The molecule has 0 saturated carbocycles. The Balaban J connectivity index is 1.66. The van der Waals surface area contributed by atoms with E-state index >= 15 is 0 Å². The number of nitrogens with zero attached hydrogens (tertiary/aromatic N) is 3. The van der Waals surface area contributed by atoms with Crippen molar-refractivity contribution in [1.82, 2.24) is 19.6 Å². The number of halogens is 3. The maximum atomic E-state index is 14.2. The van der Waals surface area contributed by atoms with Gasteiger partial charge in [-0.3, -0.25) is 14.0 Å². The van der Waals surface area contributed by atoms with Crippen LogP contribution in [0.5, 0.6) is 0 Å². The average molecular weight is 493 g/mol. The Hall–Kier alpha value is -2.26. The van der Waals surface area contributed by atoms with Crippen LogP contribution in [0.4, 0.5) is 4.39 Å². The molecule has 0 bridgehead atoms. The number of amides is 1. The zero-order valence-electron chi connectivity index (χ0n) is 17.1. The molecule has 0 radical (unpaired) electrons. The monoisotopic (exact) mass is 492 g/mol. The summed E-state index contributed by atoms with van der Waals surface area (Å²) in [6.45, 7) is 1.50. The van der Waals surface area contributed by atoms with Gasteiger partial charge in [-0.25, -0.2) is 9.37 Å². The summed E-state index contributed by atoms with van der Waals surface area (Å²) >= 11 is 13.4. The third kappa shape index (κ3) is 3.55. The predicted molar refractivity (Wildman–Crippen MR) is 127 cm³/mol. The van der Waals surface area contributed by atoms with Gasteiger partial charge in [0, 0.05) is 17.6 Å². The molecule has 3 aromatic heterocycles. The molecule has 1 aliphatic heterocycles. The largest absolute Gasteiger partial charge is 0.352 e. The highest BCUT2D eigenvalue weighted by Crippen LogP contribution is 2.33. The first-order chi connectivity index (χ1) is 15.3. The Morgan fingerprint density at radius 3 is 2.91 bits per heavy atom. The van der Waals surface area contributed by atoms with E-state index in [1.54, 1.807) is 16.5 Å². The summed E-state index contributed by atoms with van der Waals surface area (Å²) in [7, 11) is 2.08. The summed E-state index contributed by atoms with van der Waals surface area (Å²) in [6.07, 6.45) is 3.04. The van der Waals surface area contributed by atoms with Gasteiger partial charge in [0.25, 0.3) is 5.91 Å². The van der Waals surface area contributed by atoms with E-state index in [0.29, 0.717) is 28.0 Å². The van der Waals surface area contributed by atoms with Crippen molar-refractivity contribution >= 4 is 66.5 Å². The maximum Gasteiger partial charge on any atom is 0.258 e. The number of pyridine rings is 2. The van der Waals surface area contributed by atoms with Gasteiger partial charge in [-0.05, 0) is 57.1 Å². The SMILES string of the molecule is CN1CCCC1CCNC(=O)c1c(=O)c2cc(F)c(Cl)nc2n2c1sc1ccc(Cl)cc12. The number of carbonyl (C=O) groups is 1. The molecule has 1 aliphatic rings. The highest BCUT2D eigenvalue weighted by Gasteiger charge is 2.25. The molecule has 10 heteroatoms. The summed E-state index contributed by atoms with van der Waals surface area (Å²) in [6, 6.07) is 6.73. The van der Waals surface area contributed by atoms with E-state index < -0.39 is 17.2 Å². The molecule has 0 spiro atoms. The van der Waals surface area contributed by atoms with Crippen molar-refractivity contribution < 1.29 is 9.18 Å². The molecule has 0 aliphatic carbocycles. The minimum Gasteiger partial charge on any atom is -0.352 e. The zero-order valence-corrected chi connectivity index (χ0v) is 19.5. The topological polar surface area (TPSA) is 66.7 Å². The lowest BCUT2D eigenvalue weighted by molar-refractivity contribution is 0.0951. The number of carbonyl (C=O) groups excluding carboxylic acids is 1. The molecular weight excluding hydrogens is 474 g/mol. The third-order valence-corrected chi connectivity index (χ3v) is 7.69. The van der Waals surface area contributed by atoms with Crippen molar-refractivity contribution in [3.63, 3.8) is 0 Å². The fraction of sp³-hybridized carbons (Fsp3) is 0.318. The minimum atomic E-state index is -0.815. The van der Waals surface area contributed by atoms with Crippen molar-refractivity contribution in [2.75, 3.05) is 20.1 Å². The molecule has 1 fully saturated rings. The van der Waals surface area contributed by atoms with Gasteiger partial charge in [0.15, 0.2) is 16.6 Å². The van der Waals surface area contributed by atoms with E-state index in [2.05, 4.69) is 22.2 Å². The molecule has 166 valence electrons. The molecule has 1 amide bonds. The minimum absolute atomic E-state index is 0.00949. The Morgan fingerprint density at radius 1 is 1.34 bits per heavy atom. The Morgan fingerprint density at radius 2 is 2.16 bits per heavy atom. The van der Waals surface area contributed by atoms with Crippen LogP contribution in [0.25, 0.3) is 26.1 Å². The number of aromatic nitrogens is 2. The Kier molecular flexibility index (Phi) is 5.57. The highest BCUT2D eigenvalue weighted by atomic mass is 35.5. The molecule has 6 nitrogen and oxygen atoms in total. The maximum absolute atomic E-state index is 14.2. The smallest absolute Gasteiger partial charge is 0.258 e. The van der Waals surface area contributed by atoms with Gasteiger partial charge < -0.3 is 10.2 Å². The van der Waals surface area contributed by atoms with Gasteiger partial charge in [0.1, 0.15) is 10.4 Å². The van der Waals surface area contributed by atoms with Gasteiger partial charge in [-0.2, -0.15) is 0 Å². The Labute approximate surface area is 196 Å². The first-order valence-electron chi connectivity index (χ1n) is 10.3. The van der Waals surface area contributed by atoms with Crippen molar-refractivity contribution in [3.05, 3.63) is 56.0 Å². The number of rotatable bonds is 4. The predicted octanol–water partition coefficient (Wildman–Crippen LogP) is 4.72. The van der Waals surface area contributed by atoms with Crippen LogP contribution in [0.1, 0.15) is 29.6 Å². The molecule has 1 unspecified atom stereocenters. The van der Waals surface area contributed by atoms with Crippen LogP contribution in [-0.4, -0.2) is 46.4 Å². The van der Waals surface area contributed by atoms with Gasteiger partial charge in [0.2, 0.25) is 5.43 Å². The molecule has 4 heterocycles. The lowest BCUT2D eigenvalue weighted by Gasteiger charge is -2.19. The number of benzene rings is 1. The number of likely N-dealkylation sites (tertiary alicyclic amines) is 1. The zero-order chi connectivity index (χ0) is 22.6. The van der Waals surface area contributed by atoms with Crippen molar-refractivity contribution in [2.24, 2.45) is 0 Å². The summed E-state index contributed by atoms with van der Waals surface area (Å²) in [5.74, 6) is -1.30. The van der Waals surface area contributed by atoms with Gasteiger partial charge in [-0.15, -0.1) is 11.3 Å². The van der Waals surface area contributed by atoms with Crippen molar-refractivity contribution in [2.45, 2.75) is 25.3 Å². The van der Waals surface area contributed by atoms with E-state index in [0.717, 1.165) is 36.6 Å². The van der Waals surface area contributed by atoms with Crippen LogP contribution in [0, 0.1) is 5.82 Å². The quantitative estimate of drug-likeness (QED) is 0.418. The fourth-order valence-electron chi connectivity index (χ4n) is 4.40. The number of fused-ring (bicyclic) bond motifs is 5. The first-order valence-corrected chi connectivity index (χ1v) is 11.8. The van der Waals surface area contributed by atoms with Crippen LogP contribution in [0.2, 0.25) is 10.2 Å². The lowest BCUT2D eigenvalue weighted by Crippen LogP contribution is -2.34. The second kappa shape index (κ2) is 8.26. The van der Waals surface area contributed by atoms with E-state index in [1.165, 1.54) is 11.3 Å². The molecule has 1 N–H and O–H groups in total. The van der Waals surface area contributed by atoms with Crippen LogP contribution < -0.4 is 10.7 Å². The highest BCUT2D eigenvalue weighted by molar-refractivity contribution is 7.24. The van der Waals surface area contributed by atoms with Crippen LogP contribution in [0.3, 0.4) is 0 Å². The van der Waals surface area contributed by atoms with E-state index in [1.807, 2.05) is 6.07 Å². The fourth-order valence-corrected chi connectivity index (χ4v) is 5.86. The van der Waals surface area contributed by atoms with E-state index in [4.69, 9.17) is 23.2 Å². The molecule has 1 atom stereocenters. The molecule has 32 heavy (non-hydrogen) atoms. The lowest BCUT2D eigenvalue weighted by atomic mass is 10.1. The molecule has 1 aromatic carbocycles. The standard InChI is InChI=1S/C22H19Cl2FN4O2S/c1-28-8-2-3-12(28)6-7-26-21(31)17-18(30)13-10-14(25)19(24)27-20(13)29-15-9-11(23)4-5-16(15)32-22(17)29/h4-5,9-10,12H,2-3,6-8H2,1H3,(H,26,31). The van der Waals surface area contributed by atoms with Crippen LogP contribution in [-0.2, 0) is 0 Å². The number of hydrogen-bond acceptors (Lipinski definition) is 5. The van der Waals surface area contributed by atoms with Gasteiger partial charge in [-0.1, -0.05) is 23.2 Å². The molecule has 4 aromatic rings. The van der Waals surface area contributed by atoms with Crippen molar-refractivity contribution in [3.8, 4) is 0 Å². The Bertz CT molecular complexity index is 1450. The van der Waals surface area contributed by atoms with Crippen LogP contribution >= 0.6 is 34.5 Å². The number of nitrogens with one attached hydrogen (secondary N) is 1. The first kappa shape index (κ1) is 21.6. The average Bonchev–Trinajstić information content (AvgIpc) is 3.32. The molecule has 5 rings (SSSR count). The summed E-state index contributed by atoms with van der Waals surface area (Å²) in [5.41, 5.74) is 0.252. The number of thiazole rings is 1. The normalized spacial score (nSPS) is 17.1. The van der Waals surface area contributed by atoms with Gasteiger partial charge >= 0.3 is 0 Å². The second-order valence-electron chi connectivity index (χ2n) is 8.01. The molecule has 1 saturated heterocycles. The second-order valence-corrected chi connectivity index (χ2v) is 9.84. The van der Waals surface area contributed by atoms with Gasteiger partial charge in [0.05, 0.1) is 15.6 Å². The summed E-state index contributed by atoms with van der Waals surface area (Å²) in [5, 5.41) is 3.02. The van der Waals surface area contributed by atoms with E-state index in [9.17, 15) is 14.0 Å². The van der Waals surface area contributed by atoms with Crippen LogP contribution in [0.15, 0.2) is 29.1 Å². The molecular formula is C22H19Cl2FN4O2S.